The van der Waals surface area contributed by atoms with Gasteiger partial charge in [-0.05, 0) is 36.1 Å². The quantitative estimate of drug-likeness (QED) is 0.397. The minimum Gasteiger partial charge on any atom is -0.496 e. The molecule has 0 unspecified atom stereocenters. The molecule has 0 amide bonds. The van der Waals surface area contributed by atoms with Crippen molar-refractivity contribution in [2.45, 2.75) is 5.75 Å². The molecule has 2 aromatic carbocycles. The van der Waals surface area contributed by atoms with E-state index in [0.717, 1.165) is 17.8 Å². The van der Waals surface area contributed by atoms with Crippen LogP contribution in [0.25, 0.3) is 11.3 Å². The molecule has 1 aromatic heterocycles. The molecule has 0 atom stereocenters. The Balaban J connectivity index is 1.91. The molecule has 0 aliphatic carbocycles. The zero-order valence-corrected chi connectivity index (χ0v) is 17.1. The predicted octanol–water partition coefficient (Wildman–Crippen LogP) is 4.33. The van der Waals surface area contributed by atoms with Crippen LogP contribution in [-0.2, 0) is 15.9 Å². The number of rotatable bonds is 6. The number of aromatic nitrogens is 2. The summed E-state index contributed by atoms with van der Waals surface area (Å²) in [5.74, 6) is -0.690. The van der Waals surface area contributed by atoms with Crippen LogP contribution in [0.2, 0.25) is 0 Å². The Morgan fingerprint density at radius 3 is 2.80 bits per heavy atom. The van der Waals surface area contributed by atoms with E-state index in [4.69, 9.17) is 10.00 Å². The van der Waals surface area contributed by atoms with E-state index in [9.17, 15) is 13.3 Å². The molecule has 3 rings (SSSR count). The lowest BCUT2D eigenvalue weighted by molar-refractivity contribution is 0.412. The summed E-state index contributed by atoms with van der Waals surface area (Å²) >= 11 is 0. The highest BCUT2D eigenvalue weighted by atomic mass is 32.3. The third-order valence-corrected chi connectivity index (χ3v) is 5.57. The summed E-state index contributed by atoms with van der Waals surface area (Å²) in [5, 5.41) is 11.7. The van der Waals surface area contributed by atoms with E-state index in [1.54, 1.807) is 36.7 Å². The van der Waals surface area contributed by atoms with Crippen LogP contribution in [0.1, 0.15) is 5.56 Å². The van der Waals surface area contributed by atoms with E-state index >= 15 is 0 Å². The summed E-state index contributed by atoms with van der Waals surface area (Å²) in [7, 11) is -1.36. The number of anilines is 2. The molecule has 0 fully saturated rings. The van der Waals surface area contributed by atoms with Crippen molar-refractivity contribution in [3.05, 3.63) is 65.9 Å². The zero-order chi connectivity index (χ0) is 21.7. The predicted molar refractivity (Wildman–Crippen MR) is 113 cm³/mol. The Morgan fingerprint density at radius 1 is 1.27 bits per heavy atom. The van der Waals surface area contributed by atoms with Crippen LogP contribution in [-0.4, -0.2) is 27.9 Å². The van der Waals surface area contributed by atoms with Crippen molar-refractivity contribution in [2.24, 2.45) is 4.36 Å². The van der Waals surface area contributed by atoms with E-state index < -0.39 is 21.7 Å². The molecule has 0 spiro atoms. The van der Waals surface area contributed by atoms with Gasteiger partial charge >= 0.3 is 0 Å². The van der Waals surface area contributed by atoms with E-state index in [1.165, 1.54) is 19.2 Å². The molecule has 7 nitrogen and oxygen atoms in total. The van der Waals surface area contributed by atoms with Crippen LogP contribution >= 0.6 is 0 Å². The highest BCUT2D eigenvalue weighted by molar-refractivity contribution is 7.98. The molecule has 1 heterocycles. The molecule has 156 valence electrons. The fraction of sp³-hybridized carbons (Fsp3) is 0.150. The molecule has 0 aliphatic heterocycles. The fourth-order valence-corrected chi connectivity index (χ4v) is 3.98. The topological polar surface area (TPSA) is 103 Å². The van der Waals surface area contributed by atoms with Crippen molar-refractivity contribution in [3.8, 4) is 23.2 Å². The van der Waals surface area contributed by atoms with Crippen molar-refractivity contribution in [1.29, 1.82) is 5.26 Å². The number of benzene rings is 2. The summed E-state index contributed by atoms with van der Waals surface area (Å²) in [6.07, 6.45) is 4.20. The third kappa shape index (κ3) is 5.14. The molecule has 0 saturated carbocycles. The highest BCUT2D eigenvalue weighted by Gasteiger charge is 2.15. The number of hydrogen-bond acceptors (Lipinski definition) is 6. The van der Waals surface area contributed by atoms with Crippen molar-refractivity contribution in [2.75, 3.05) is 18.7 Å². The Kier molecular flexibility index (Phi) is 6.34. The summed E-state index contributed by atoms with van der Waals surface area (Å²) in [6.45, 7) is 0. The summed E-state index contributed by atoms with van der Waals surface area (Å²) < 4.78 is 46.8. The van der Waals surface area contributed by atoms with Gasteiger partial charge in [0.05, 0.1) is 13.3 Å². The number of hydrogen-bond donors (Lipinski definition) is 3. The number of halogens is 2. The van der Waals surface area contributed by atoms with Gasteiger partial charge in [-0.3, -0.25) is 0 Å². The van der Waals surface area contributed by atoms with Gasteiger partial charge in [-0.25, -0.2) is 18.7 Å². The van der Waals surface area contributed by atoms with Crippen LogP contribution in [0.15, 0.2) is 53.0 Å². The van der Waals surface area contributed by atoms with E-state index in [2.05, 4.69) is 19.6 Å². The van der Waals surface area contributed by atoms with Crippen LogP contribution < -0.4 is 10.1 Å². The first-order chi connectivity index (χ1) is 14.3. The lowest BCUT2D eigenvalue weighted by Crippen LogP contribution is -2.10. The van der Waals surface area contributed by atoms with Crippen LogP contribution in [0.3, 0.4) is 0 Å². The zero-order valence-electron chi connectivity index (χ0n) is 16.2. The van der Waals surface area contributed by atoms with Gasteiger partial charge in [-0.2, -0.15) is 5.26 Å². The van der Waals surface area contributed by atoms with Crippen LogP contribution in [0.4, 0.5) is 20.4 Å². The van der Waals surface area contributed by atoms with E-state index in [1.807, 2.05) is 0 Å². The average molecular weight is 431 g/mol. The SMILES string of the molecule is COc1cc(F)ccc1-c1nc(Nc2cccc(C[SH](C)(O)=NC#N)c2)ncc1F. The van der Waals surface area contributed by atoms with Crippen molar-refractivity contribution < 1.29 is 18.1 Å². The molecule has 0 saturated heterocycles. The lowest BCUT2D eigenvalue weighted by atomic mass is 10.1. The Bertz CT molecular complexity index is 1170. The molecular weight excluding hydrogens is 412 g/mol. The molecule has 0 radical (unpaired) electrons. The van der Waals surface area contributed by atoms with Gasteiger partial charge < -0.3 is 14.6 Å². The second-order valence-electron chi connectivity index (χ2n) is 6.51. The molecule has 10 heteroatoms. The number of nitrogens with zero attached hydrogens (tertiary/aromatic N) is 4. The third-order valence-electron chi connectivity index (χ3n) is 4.09. The van der Waals surface area contributed by atoms with Gasteiger partial charge in [0.15, 0.2) is 5.82 Å². The maximum Gasteiger partial charge on any atom is 0.227 e. The van der Waals surface area contributed by atoms with E-state index in [-0.39, 0.29) is 28.7 Å². The summed E-state index contributed by atoms with van der Waals surface area (Å²) in [4.78, 5) is 8.16. The van der Waals surface area contributed by atoms with Crippen molar-refractivity contribution in [3.63, 3.8) is 0 Å². The van der Waals surface area contributed by atoms with Gasteiger partial charge in [0, 0.05) is 23.1 Å². The monoisotopic (exact) mass is 431 g/mol. The maximum absolute atomic E-state index is 14.4. The Morgan fingerprint density at radius 2 is 2.07 bits per heavy atom. The number of ether oxygens (including phenoxy) is 1. The average Bonchev–Trinajstić information content (AvgIpc) is 2.69. The minimum atomic E-state index is -2.72. The minimum absolute atomic E-state index is 0.0396. The van der Waals surface area contributed by atoms with Crippen molar-refractivity contribution >= 4 is 21.7 Å². The first-order valence-corrected chi connectivity index (χ1v) is 11.1. The van der Waals surface area contributed by atoms with Crippen molar-refractivity contribution in [1.82, 2.24) is 9.97 Å². The standard InChI is InChI=1S/C20H19F2N5O2S/c1-29-18-9-14(21)6-7-16(18)19-17(22)10-24-20(27-19)26-15-5-3-4-13(8-15)11-30(2,28)25-12-23/h3-10,30H,11H2,1-2H3,(H,25,28)(H,24,26,27). The second kappa shape index (κ2) is 8.94. The number of methoxy groups -OCH3 is 1. The largest absolute Gasteiger partial charge is 0.496 e. The first-order valence-electron chi connectivity index (χ1n) is 8.73. The molecule has 0 bridgehead atoms. The normalized spacial score (nSPS) is 11.5. The van der Waals surface area contributed by atoms with Crippen LogP contribution in [0, 0.1) is 23.1 Å². The number of nitriles is 1. The second-order valence-corrected chi connectivity index (χ2v) is 9.20. The molecule has 3 aromatic rings. The van der Waals surface area contributed by atoms with Gasteiger partial charge in [-0.15, -0.1) is 4.36 Å². The molecule has 0 aliphatic rings. The number of nitrogens with one attached hydrogen (secondary N) is 1. The maximum atomic E-state index is 14.4. The highest BCUT2D eigenvalue weighted by Crippen LogP contribution is 2.31. The first kappa shape index (κ1) is 21.3. The molecular formula is C20H19F2N5O2S. The Labute approximate surface area is 173 Å². The van der Waals surface area contributed by atoms with Gasteiger partial charge in [0.25, 0.3) is 0 Å². The van der Waals surface area contributed by atoms with Gasteiger partial charge in [0.2, 0.25) is 12.1 Å². The smallest absolute Gasteiger partial charge is 0.227 e. The van der Waals surface area contributed by atoms with Crippen LogP contribution in [0.5, 0.6) is 5.75 Å². The van der Waals surface area contributed by atoms with Gasteiger partial charge in [-0.1, -0.05) is 22.2 Å². The number of thiol groups is 1. The lowest BCUT2D eigenvalue weighted by Gasteiger charge is -2.16. The summed E-state index contributed by atoms with van der Waals surface area (Å²) in [6, 6.07) is 10.8. The van der Waals surface area contributed by atoms with Gasteiger partial charge in [0.1, 0.15) is 17.3 Å². The summed E-state index contributed by atoms with van der Waals surface area (Å²) in [5.41, 5.74) is 1.62. The Hall–Kier alpha value is -3.42. The molecule has 2 N–H and O–H groups in total. The fourth-order valence-electron chi connectivity index (χ4n) is 2.83. The molecule has 30 heavy (non-hydrogen) atoms. The van der Waals surface area contributed by atoms with E-state index in [0.29, 0.717) is 5.69 Å².